The van der Waals surface area contributed by atoms with Gasteiger partial charge in [-0.05, 0) is 43.7 Å². The minimum atomic E-state index is -0.0224. The predicted molar refractivity (Wildman–Crippen MR) is 88.7 cm³/mol. The first-order valence-corrected chi connectivity index (χ1v) is 8.80. The van der Waals surface area contributed by atoms with Gasteiger partial charge in [-0.15, -0.1) is 11.3 Å². The van der Waals surface area contributed by atoms with Crippen molar-refractivity contribution in [1.29, 1.82) is 0 Å². The third-order valence-electron chi connectivity index (χ3n) is 5.22. The van der Waals surface area contributed by atoms with Gasteiger partial charge >= 0.3 is 0 Å². The van der Waals surface area contributed by atoms with Crippen molar-refractivity contribution in [3.63, 3.8) is 0 Å². The number of carbonyl (C=O) groups excluding carboxylic acids is 3. The highest BCUT2D eigenvalue weighted by atomic mass is 32.1. The van der Waals surface area contributed by atoms with Gasteiger partial charge in [0.15, 0.2) is 5.78 Å². The van der Waals surface area contributed by atoms with Crippen LogP contribution >= 0.6 is 11.3 Å². The number of carbonyl (C=O) groups is 3. The Balaban J connectivity index is 1.68. The summed E-state index contributed by atoms with van der Waals surface area (Å²) < 4.78 is 0. The smallest absolute Gasteiger partial charge is 0.263 e. The molecule has 2 fully saturated rings. The molecular formula is C17H22N2O3S. The van der Waals surface area contributed by atoms with Gasteiger partial charge in [0, 0.05) is 33.1 Å². The van der Waals surface area contributed by atoms with Crippen LogP contribution in [-0.2, 0) is 4.79 Å². The molecule has 1 aromatic heterocycles. The van der Waals surface area contributed by atoms with Crippen molar-refractivity contribution in [1.82, 2.24) is 9.80 Å². The summed E-state index contributed by atoms with van der Waals surface area (Å²) in [6.07, 6.45) is 2.46. The number of hydrogen-bond acceptors (Lipinski definition) is 4. The summed E-state index contributed by atoms with van der Waals surface area (Å²) in [5.74, 6) is 1.07. The summed E-state index contributed by atoms with van der Waals surface area (Å²) in [4.78, 5) is 40.7. The Bertz CT molecular complexity index is 654. The molecule has 6 heteroatoms. The van der Waals surface area contributed by atoms with Crippen molar-refractivity contribution in [3.8, 4) is 0 Å². The molecule has 1 saturated carbocycles. The largest absolute Gasteiger partial charge is 0.345 e. The van der Waals surface area contributed by atoms with Gasteiger partial charge in [0.25, 0.3) is 5.91 Å². The molecular weight excluding hydrogens is 312 g/mol. The molecule has 1 aromatic rings. The molecule has 1 aliphatic carbocycles. The van der Waals surface area contributed by atoms with E-state index >= 15 is 0 Å². The Kier molecular flexibility index (Phi) is 4.27. The number of piperidine rings is 1. The van der Waals surface area contributed by atoms with Crippen LogP contribution in [0.25, 0.3) is 0 Å². The highest BCUT2D eigenvalue weighted by molar-refractivity contribution is 7.15. The fourth-order valence-electron chi connectivity index (χ4n) is 3.79. The maximum Gasteiger partial charge on any atom is 0.263 e. The monoisotopic (exact) mass is 334 g/mol. The van der Waals surface area contributed by atoms with Crippen molar-refractivity contribution in [2.45, 2.75) is 32.2 Å². The number of nitrogens with zero attached hydrogens (tertiary/aromatic N) is 2. The molecule has 2 amide bonds. The third kappa shape index (κ3) is 3.04. The second kappa shape index (κ2) is 6.07. The first kappa shape index (κ1) is 16.2. The summed E-state index contributed by atoms with van der Waals surface area (Å²) in [7, 11) is 3.69. The van der Waals surface area contributed by atoms with Gasteiger partial charge < -0.3 is 9.80 Å². The summed E-state index contributed by atoms with van der Waals surface area (Å²) in [5.41, 5.74) is 0. The molecule has 1 saturated heterocycles. The Labute approximate surface area is 140 Å². The average molecular weight is 334 g/mol. The van der Waals surface area contributed by atoms with Crippen LogP contribution in [0.1, 0.15) is 45.5 Å². The van der Waals surface area contributed by atoms with Gasteiger partial charge in [-0.3, -0.25) is 14.4 Å². The lowest BCUT2D eigenvalue weighted by Gasteiger charge is -2.31. The molecule has 0 unspecified atom stereocenters. The van der Waals surface area contributed by atoms with E-state index in [1.807, 2.05) is 19.0 Å². The molecule has 2 heterocycles. The first-order valence-electron chi connectivity index (χ1n) is 7.98. The Morgan fingerprint density at radius 2 is 1.87 bits per heavy atom. The van der Waals surface area contributed by atoms with Crippen LogP contribution in [0.15, 0.2) is 12.1 Å². The molecule has 0 N–H and O–H groups in total. The van der Waals surface area contributed by atoms with Gasteiger partial charge in [0.05, 0.1) is 9.75 Å². The normalized spacial score (nSPS) is 27.0. The predicted octanol–water partition coefficient (Wildman–Crippen LogP) is 2.28. The number of Topliss-reactive ketones (excluding diaryl/α,β-unsaturated/α-hetero) is 1. The third-order valence-corrected chi connectivity index (χ3v) is 6.39. The van der Waals surface area contributed by atoms with Crippen LogP contribution in [0.4, 0.5) is 0 Å². The Morgan fingerprint density at radius 1 is 1.22 bits per heavy atom. The lowest BCUT2D eigenvalue weighted by molar-refractivity contribution is -0.134. The Morgan fingerprint density at radius 3 is 2.52 bits per heavy atom. The maximum atomic E-state index is 12.6. The fourth-order valence-corrected chi connectivity index (χ4v) is 4.67. The molecule has 5 nitrogen and oxygen atoms in total. The molecule has 23 heavy (non-hydrogen) atoms. The zero-order valence-electron chi connectivity index (χ0n) is 13.7. The van der Waals surface area contributed by atoms with E-state index in [4.69, 9.17) is 0 Å². The highest BCUT2D eigenvalue weighted by Gasteiger charge is 2.42. The van der Waals surface area contributed by atoms with Crippen molar-refractivity contribution < 1.29 is 14.4 Å². The highest BCUT2D eigenvalue weighted by Crippen LogP contribution is 2.40. The second-order valence-electron chi connectivity index (χ2n) is 6.76. The van der Waals surface area contributed by atoms with Gasteiger partial charge in [-0.25, -0.2) is 0 Å². The minimum Gasteiger partial charge on any atom is -0.345 e. The van der Waals surface area contributed by atoms with Crippen molar-refractivity contribution in [3.05, 3.63) is 21.9 Å². The van der Waals surface area contributed by atoms with Crippen LogP contribution in [0.3, 0.4) is 0 Å². The summed E-state index contributed by atoms with van der Waals surface area (Å²) >= 11 is 1.26. The van der Waals surface area contributed by atoms with Gasteiger partial charge in [0.2, 0.25) is 5.91 Å². The van der Waals surface area contributed by atoms with Gasteiger partial charge in [-0.1, -0.05) is 0 Å². The van der Waals surface area contributed by atoms with E-state index in [-0.39, 0.29) is 23.6 Å². The second-order valence-corrected chi connectivity index (χ2v) is 7.84. The SMILES string of the molecule is CC(=O)c1ccc(C(=O)N(C)[C@@H]2C[C@@H]3CC(=O)N(C)C[C@@H]3C2)s1. The Hall–Kier alpha value is -1.69. The minimum absolute atomic E-state index is 0.00913. The molecule has 3 rings (SSSR count). The van der Waals surface area contributed by atoms with Gasteiger partial charge in [-0.2, -0.15) is 0 Å². The molecule has 0 spiro atoms. The lowest BCUT2D eigenvalue weighted by atomic mass is 9.88. The number of amides is 2. The molecule has 3 atom stereocenters. The van der Waals surface area contributed by atoms with Crippen LogP contribution in [0.2, 0.25) is 0 Å². The average Bonchev–Trinajstić information content (AvgIpc) is 3.13. The van der Waals surface area contributed by atoms with Crippen molar-refractivity contribution in [2.75, 3.05) is 20.6 Å². The van der Waals surface area contributed by atoms with E-state index in [1.54, 1.807) is 17.0 Å². The molecule has 124 valence electrons. The standard InChI is InChI=1S/C17H22N2O3S/c1-10(20)14-4-5-15(23-14)17(22)19(3)13-6-11-8-16(21)18(2)9-12(11)7-13/h4-5,11-13H,6-9H2,1-3H3/t11-,12+,13-/m1/s1. The number of thiophene rings is 1. The number of fused-ring (bicyclic) bond motifs is 1. The van der Waals surface area contributed by atoms with E-state index < -0.39 is 0 Å². The molecule has 0 bridgehead atoms. The summed E-state index contributed by atoms with van der Waals surface area (Å²) in [6.45, 7) is 2.31. The van der Waals surface area contributed by atoms with E-state index in [0.29, 0.717) is 28.0 Å². The lowest BCUT2D eigenvalue weighted by Crippen LogP contribution is -2.39. The van der Waals surface area contributed by atoms with Gasteiger partial charge in [0.1, 0.15) is 0 Å². The zero-order chi connectivity index (χ0) is 16.7. The van der Waals surface area contributed by atoms with E-state index in [2.05, 4.69) is 0 Å². The fraction of sp³-hybridized carbons (Fsp3) is 0.588. The number of ketones is 1. The van der Waals surface area contributed by atoms with E-state index in [0.717, 1.165) is 19.4 Å². The van der Waals surface area contributed by atoms with Crippen LogP contribution < -0.4 is 0 Å². The quantitative estimate of drug-likeness (QED) is 0.797. The van der Waals surface area contributed by atoms with Crippen molar-refractivity contribution in [2.24, 2.45) is 11.8 Å². The summed E-state index contributed by atoms with van der Waals surface area (Å²) in [6, 6.07) is 3.63. The number of hydrogen-bond donors (Lipinski definition) is 0. The van der Waals surface area contributed by atoms with Crippen molar-refractivity contribution >= 4 is 28.9 Å². The van der Waals surface area contributed by atoms with Crippen LogP contribution in [-0.4, -0.2) is 54.1 Å². The maximum absolute atomic E-state index is 12.6. The van der Waals surface area contributed by atoms with E-state index in [9.17, 15) is 14.4 Å². The first-order chi connectivity index (χ1) is 10.9. The van der Waals surface area contributed by atoms with Crippen LogP contribution in [0.5, 0.6) is 0 Å². The molecule has 0 aromatic carbocycles. The summed E-state index contributed by atoms with van der Waals surface area (Å²) in [5, 5.41) is 0. The number of rotatable bonds is 3. The van der Waals surface area contributed by atoms with Crippen LogP contribution in [0, 0.1) is 11.8 Å². The van der Waals surface area contributed by atoms with E-state index in [1.165, 1.54) is 18.3 Å². The zero-order valence-corrected chi connectivity index (χ0v) is 14.6. The molecule has 1 aliphatic heterocycles. The topological polar surface area (TPSA) is 57.7 Å². The number of likely N-dealkylation sites (tertiary alicyclic amines) is 1. The molecule has 0 radical (unpaired) electrons. The molecule has 2 aliphatic rings.